The molecule has 0 aliphatic heterocycles. The molecule has 4 nitrogen and oxygen atoms in total. The van der Waals surface area contributed by atoms with E-state index in [2.05, 4.69) is 42.2 Å². The Balaban J connectivity index is 0.000000272. The number of ketones is 2. The van der Waals surface area contributed by atoms with Crippen molar-refractivity contribution in [3.05, 3.63) is 101 Å². The maximum atomic E-state index is 13.0. The number of benzene rings is 3. The van der Waals surface area contributed by atoms with Gasteiger partial charge in [-0.2, -0.15) is 0 Å². The number of carbonyl (C=O) groups excluding carboxylic acids is 2. The summed E-state index contributed by atoms with van der Waals surface area (Å²) in [5.74, 6) is 1.08. The van der Waals surface area contributed by atoms with E-state index < -0.39 is 0 Å². The monoisotopic (exact) mass is 711 g/mol. The van der Waals surface area contributed by atoms with Crippen LogP contribution in [0.1, 0.15) is 67.6 Å². The Hall–Kier alpha value is -3.40. The second-order valence-corrected chi connectivity index (χ2v) is 11.2. The Bertz CT molecular complexity index is 1560. The number of allylic oxidation sites excluding steroid dienone is 2. The molecule has 0 fully saturated rings. The maximum Gasteiger partial charge on any atom is 0.194 e. The first-order valence-corrected chi connectivity index (χ1v) is 13.5. The zero-order chi connectivity index (χ0) is 28.3. The van der Waals surface area contributed by atoms with Gasteiger partial charge in [0.25, 0.3) is 0 Å². The standard InChI is InChI=1S/C24H16NO.C11H20O2.Ir/c1-14-11-15(2)13-16(12-14)23-20-8-7-18-17-5-3-4-6-21(17)24(26)22(18)19(20)9-10-25-23;1-8(2)5-10(12)7-11(13)6-9(3)4;/h3-12H,1-2H3;7-9,12H,5-6H2,1-4H3;/q-1;;. The molecule has 3 aromatic carbocycles. The van der Waals surface area contributed by atoms with Gasteiger partial charge in [-0.05, 0) is 45.5 Å². The Morgan fingerprint density at radius 3 is 2.23 bits per heavy atom. The normalized spacial score (nSPS) is 12.1. The van der Waals surface area contributed by atoms with Gasteiger partial charge in [0.15, 0.2) is 11.6 Å². The number of hydrogen-bond acceptors (Lipinski definition) is 4. The molecule has 0 bridgehead atoms. The second kappa shape index (κ2) is 13.3. The van der Waals surface area contributed by atoms with Crippen LogP contribution in [0.15, 0.2) is 72.6 Å². The summed E-state index contributed by atoms with van der Waals surface area (Å²) in [5, 5.41) is 11.3. The van der Waals surface area contributed by atoms with Crippen molar-refractivity contribution >= 4 is 22.3 Å². The van der Waals surface area contributed by atoms with E-state index in [1.165, 1.54) is 11.6 Å². The van der Waals surface area contributed by atoms with Crippen molar-refractivity contribution in [1.82, 2.24) is 4.98 Å². The van der Waals surface area contributed by atoms with Crippen molar-refractivity contribution in [2.75, 3.05) is 0 Å². The number of aliphatic hydroxyl groups excluding tert-OH is 1. The van der Waals surface area contributed by atoms with Gasteiger partial charge in [0, 0.05) is 56.3 Å². The molecule has 0 amide bonds. The Kier molecular flexibility index (Phi) is 10.4. The molecule has 209 valence electrons. The Morgan fingerprint density at radius 2 is 1.57 bits per heavy atom. The number of aromatic nitrogens is 1. The number of carbonyl (C=O) groups is 2. The topological polar surface area (TPSA) is 67.3 Å². The molecule has 0 saturated carbocycles. The summed E-state index contributed by atoms with van der Waals surface area (Å²) >= 11 is 0. The summed E-state index contributed by atoms with van der Waals surface area (Å²) in [5.41, 5.74) is 7.72. The molecule has 0 spiro atoms. The molecule has 1 radical (unpaired) electrons. The van der Waals surface area contributed by atoms with Crippen LogP contribution >= 0.6 is 0 Å². The van der Waals surface area contributed by atoms with Gasteiger partial charge in [0.05, 0.1) is 5.76 Å². The van der Waals surface area contributed by atoms with E-state index in [4.69, 9.17) is 0 Å². The van der Waals surface area contributed by atoms with Crippen molar-refractivity contribution < 1.29 is 34.8 Å². The van der Waals surface area contributed by atoms with Crippen LogP contribution in [-0.4, -0.2) is 21.7 Å². The summed E-state index contributed by atoms with van der Waals surface area (Å²) < 4.78 is 0. The predicted molar refractivity (Wildman–Crippen MR) is 159 cm³/mol. The molecule has 5 rings (SSSR count). The fourth-order valence-electron chi connectivity index (χ4n) is 5.14. The van der Waals surface area contributed by atoms with Gasteiger partial charge in [-0.25, -0.2) is 0 Å². The van der Waals surface area contributed by atoms with E-state index >= 15 is 0 Å². The SMILES string of the molecule is CC(C)CC(=O)C=C(O)CC(C)C.Cc1[c-]c(-c2nccc3c4c(ccc23)-c2ccccc2C4=O)cc(C)c1.[Ir]. The predicted octanol–water partition coefficient (Wildman–Crippen LogP) is 8.62. The molecular weight excluding hydrogens is 675 g/mol. The van der Waals surface area contributed by atoms with E-state index in [1.807, 2.05) is 65.0 Å². The number of nitrogens with zero attached hydrogens (tertiary/aromatic N) is 1. The maximum absolute atomic E-state index is 13.0. The number of pyridine rings is 1. The van der Waals surface area contributed by atoms with Crippen molar-refractivity contribution in [1.29, 1.82) is 0 Å². The van der Waals surface area contributed by atoms with E-state index in [0.717, 1.165) is 49.8 Å². The van der Waals surface area contributed by atoms with Gasteiger partial charge in [-0.3, -0.25) is 9.59 Å². The van der Waals surface area contributed by atoms with E-state index in [9.17, 15) is 14.7 Å². The van der Waals surface area contributed by atoms with Crippen LogP contribution in [0.2, 0.25) is 0 Å². The van der Waals surface area contributed by atoms with Gasteiger partial charge in [0.1, 0.15) is 0 Å². The minimum atomic E-state index is 0. The Labute approximate surface area is 250 Å². The molecule has 1 aromatic heterocycles. The van der Waals surface area contributed by atoms with Crippen LogP contribution in [0.4, 0.5) is 0 Å². The van der Waals surface area contributed by atoms with E-state index in [-0.39, 0.29) is 37.4 Å². The van der Waals surface area contributed by atoms with Gasteiger partial charge < -0.3 is 10.1 Å². The summed E-state index contributed by atoms with van der Waals surface area (Å²) in [4.78, 5) is 28.9. The third-order valence-electron chi connectivity index (χ3n) is 6.59. The van der Waals surface area contributed by atoms with E-state index in [1.54, 1.807) is 6.20 Å². The average molecular weight is 711 g/mol. The molecular formula is C35H36IrNO3-. The van der Waals surface area contributed by atoms with Crippen LogP contribution in [0.3, 0.4) is 0 Å². The molecule has 1 aliphatic rings. The fourth-order valence-corrected chi connectivity index (χ4v) is 5.14. The number of hydrogen-bond donors (Lipinski definition) is 1. The van der Waals surface area contributed by atoms with Crippen molar-refractivity contribution in [3.63, 3.8) is 0 Å². The van der Waals surface area contributed by atoms with Gasteiger partial charge in [-0.1, -0.05) is 77.9 Å². The first kappa shape index (κ1) is 31.1. The number of rotatable bonds is 6. The number of aryl methyl sites for hydroxylation is 2. The summed E-state index contributed by atoms with van der Waals surface area (Å²) in [6.07, 6.45) is 4.26. The van der Waals surface area contributed by atoms with Crippen molar-refractivity contribution in [2.45, 2.75) is 54.4 Å². The molecule has 0 atom stereocenters. The molecule has 5 heteroatoms. The molecule has 0 saturated heterocycles. The van der Waals surface area contributed by atoms with Crippen LogP contribution < -0.4 is 0 Å². The quantitative estimate of drug-likeness (QED) is 0.109. The second-order valence-electron chi connectivity index (χ2n) is 11.2. The Morgan fingerprint density at radius 1 is 0.900 bits per heavy atom. The fraction of sp³-hybridized carbons (Fsp3) is 0.286. The first-order chi connectivity index (χ1) is 18.5. The van der Waals surface area contributed by atoms with Crippen molar-refractivity contribution in [3.8, 4) is 22.4 Å². The first-order valence-electron chi connectivity index (χ1n) is 13.5. The zero-order valence-electron chi connectivity index (χ0n) is 24.0. The van der Waals surface area contributed by atoms with Gasteiger partial charge >= 0.3 is 0 Å². The molecule has 1 heterocycles. The van der Waals surface area contributed by atoms with Crippen molar-refractivity contribution in [2.24, 2.45) is 11.8 Å². The van der Waals surface area contributed by atoms with Crippen LogP contribution in [-0.2, 0) is 24.9 Å². The zero-order valence-corrected chi connectivity index (χ0v) is 26.4. The van der Waals surface area contributed by atoms with Crippen LogP contribution in [0, 0.1) is 31.7 Å². The third kappa shape index (κ3) is 7.02. The van der Waals surface area contributed by atoms with E-state index in [0.29, 0.717) is 24.7 Å². The van der Waals surface area contributed by atoms with Crippen LogP contribution in [0.25, 0.3) is 33.2 Å². The minimum absolute atomic E-state index is 0. The summed E-state index contributed by atoms with van der Waals surface area (Å²) in [7, 11) is 0. The molecule has 4 aromatic rings. The largest absolute Gasteiger partial charge is 0.512 e. The summed E-state index contributed by atoms with van der Waals surface area (Å²) in [6.45, 7) is 12.1. The minimum Gasteiger partial charge on any atom is -0.512 e. The molecule has 1 aliphatic carbocycles. The van der Waals surface area contributed by atoms with Gasteiger partial charge in [-0.15, -0.1) is 34.9 Å². The third-order valence-corrected chi connectivity index (χ3v) is 6.59. The number of aliphatic hydroxyl groups is 1. The van der Waals surface area contributed by atoms with Crippen LogP contribution in [0.5, 0.6) is 0 Å². The molecule has 40 heavy (non-hydrogen) atoms. The number of fused-ring (bicyclic) bond motifs is 5. The molecule has 1 N–H and O–H groups in total. The smallest absolute Gasteiger partial charge is 0.194 e. The summed E-state index contributed by atoms with van der Waals surface area (Å²) in [6, 6.07) is 21.5. The average Bonchev–Trinajstić information content (AvgIpc) is 3.15. The van der Waals surface area contributed by atoms with Gasteiger partial charge in [0.2, 0.25) is 0 Å². The molecule has 0 unspecified atom stereocenters.